The number of halogens is 1. The minimum atomic E-state index is 0.824. The SMILES string of the molecule is Brc1cccc(-c2cnc3c(N4CCCCC4)nccn23)n1. The molecule has 0 N–H and O–H groups in total. The Hall–Kier alpha value is -1.95. The Labute approximate surface area is 137 Å². The Bertz CT molecular complexity index is 807. The van der Waals surface area contributed by atoms with Crippen molar-refractivity contribution in [1.29, 1.82) is 0 Å². The summed E-state index contributed by atoms with van der Waals surface area (Å²) >= 11 is 3.43. The smallest absolute Gasteiger partial charge is 0.180 e. The fourth-order valence-electron chi connectivity index (χ4n) is 2.97. The topological polar surface area (TPSA) is 46.3 Å². The lowest BCUT2D eigenvalue weighted by atomic mass is 10.1. The zero-order chi connectivity index (χ0) is 14.9. The van der Waals surface area contributed by atoms with E-state index in [1.165, 1.54) is 19.3 Å². The van der Waals surface area contributed by atoms with E-state index in [0.29, 0.717) is 0 Å². The van der Waals surface area contributed by atoms with E-state index in [2.05, 4.69) is 40.2 Å². The number of piperidine rings is 1. The average Bonchev–Trinajstić information content (AvgIpc) is 3.00. The quantitative estimate of drug-likeness (QED) is 0.658. The predicted octanol–water partition coefficient (Wildman–Crippen LogP) is 3.54. The average molecular weight is 358 g/mol. The summed E-state index contributed by atoms with van der Waals surface area (Å²) in [6.07, 6.45) is 9.43. The first kappa shape index (κ1) is 13.7. The molecule has 0 radical (unpaired) electrons. The third kappa shape index (κ3) is 2.37. The lowest BCUT2D eigenvalue weighted by molar-refractivity contribution is 0.574. The monoisotopic (exact) mass is 357 g/mol. The summed E-state index contributed by atoms with van der Waals surface area (Å²) in [6.45, 7) is 2.12. The summed E-state index contributed by atoms with van der Waals surface area (Å²) < 4.78 is 2.90. The van der Waals surface area contributed by atoms with Crippen LogP contribution < -0.4 is 4.90 Å². The number of pyridine rings is 1. The molecule has 0 aromatic carbocycles. The molecule has 3 aromatic heterocycles. The van der Waals surface area contributed by atoms with Crippen molar-refractivity contribution in [2.45, 2.75) is 19.3 Å². The van der Waals surface area contributed by atoms with Crippen LogP contribution in [0.2, 0.25) is 0 Å². The highest BCUT2D eigenvalue weighted by Gasteiger charge is 2.18. The van der Waals surface area contributed by atoms with E-state index in [4.69, 9.17) is 0 Å². The number of fused-ring (bicyclic) bond motifs is 1. The number of hydrogen-bond acceptors (Lipinski definition) is 4. The van der Waals surface area contributed by atoms with Gasteiger partial charge in [-0.3, -0.25) is 4.40 Å². The zero-order valence-electron chi connectivity index (χ0n) is 12.1. The molecule has 5 nitrogen and oxygen atoms in total. The highest BCUT2D eigenvalue weighted by Crippen LogP contribution is 2.26. The number of rotatable bonds is 2. The molecule has 0 unspecified atom stereocenters. The molecule has 0 atom stereocenters. The summed E-state index contributed by atoms with van der Waals surface area (Å²) in [6, 6.07) is 5.90. The first-order valence-electron chi connectivity index (χ1n) is 7.53. The fraction of sp³-hybridized carbons (Fsp3) is 0.312. The summed E-state index contributed by atoms with van der Waals surface area (Å²) in [5.41, 5.74) is 2.79. The Morgan fingerprint density at radius 1 is 1.05 bits per heavy atom. The van der Waals surface area contributed by atoms with Crippen molar-refractivity contribution in [3.8, 4) is 11.4 Å². The normalized spacial score (nSPS) is 15.4. The highest BCUT2D eigenvalue weighted by molar-refractivity contribution is 9.10. The molecule has 1 saturated heterocycles. The van der Waals surface area contributed by atoms with Gasteiger partial charge in [0.15, 0.2) is 11.5 Å². The van der Waals surface area contributed by atoms with Crippen molar-refractivity contribution in [2.75, 3.05) is 18.0 Å². The van der Waals surface area contributed by atoms with Crippen LogP contribution in [-0.2, 0) is 0 Å². The molecular formula is C16H16BrN5. The molecule has 112 valence electrons. The van der Waals surface area contributed by atoms with Crippen LogP contribution in [0.25, 0.3) is 17.0 Å². The second-order valence-corrected chi connectivity index (χ2v) is 6.29. The van der Waals surface area contributed by atoms with Gasteiger partial charge in [-0.1, -0.05) is 6.07 Å². The van der Waals surface area contributed by atoms with Crippen molar-refractivity contribution >= 4 is 27.4 Å². The Balaban J connectivity index is 1.83. The van der Waals surface area contributed by atoms with Crippen molar-refractivity contribution in [1.82, 2.24) is 19.4 Å². The largest absolute Gasteiger partial charge is 0.354 e. The van der Waals surface area contributed by atoms with Crippen LogP contribution in [0.1, 0.15) is 19.3 Å². The number of anilines is 1. The van der Waals surface area contributed by atoms with Gasteiger partial charge in [-0.25, -0.2) is 15.0 Å². The number of nitrogens with zero attached hydrogens (tertiary/aromatic N) is 5. The molecule has 1 aliphatic heterocycles. The van der Waals surface area contributed by atoms with Gasteiger partial charge in [0.2, 0.25) is 0 Å². The molecule has 0 saturated carbocycles. The van der Waals surface area contributed by atoms with Crippen molar-refractivity contribution in [3.63, 3.8) is 0 Å². The van der Waals surface area contributed by atoms with E-state index in [1.54, 1.807) is 0 Å². The molecule has 6 heteroatoms. The van der Waals surface area contributed by atoms with Crippen LogP contribution in [0, 0.1) is 0 Å². The van der Waals surface area contributed by atoms with Crippen molar-refractivity contribution in [3.05, 3.63) is 41.4 Å². The maximum Gasteiger partial charge on any atom is 0.180 e. The van der Waals surface area contributed by atoms with Crippen LogP contribution in [0.3, 0.4) is 0 Å². The predicted molar refractivity (Wildman–Crippen MR) is 90.0 cm³/mol. The van der Waals surface area contributed by atoms with E-state index in [1.807, 2.05) is 36.8 Å². The van der Waals surface area contributed by atoms with Gasteiger partial charge in [0.25, 0.3) is 0 Å². The molecule has 22 heavy (non-hydrogen) atoms. The van der Waals surface area contributed by atoms with Crippen LogP contribution in [0.4, 0.5) is 5.82 Å². The lowest BCUT2D eigenvalue weighted by Crippen LogP contribution is -2.30. The molecule has 4 heterocycles. The minimum Gasteiger partial charge on any atom is -0.354 e. The standard InChI is InChI=1S/C16H16BrN5/c17-14-6-4-5-12(20-14)13-11-19-16-15(18-7-10-22(13)16)21-8-2-1-3-9-21/h4-7,10-11H,1-3,8-9H2. The van der Waals surface area contributed by atoms with E-state index in [0.717, 1.165) is 40.5 Å². The molecular weight excluding hydrogens is 342 g/mol. The summed E-state index contributed by atoms with van der Waals surface area (Å²) in [4.78, 5) is 16.0. The molecule has 0 amide bonds. The van der Waals surface area contributed by atoms with Crippen molar-refractivity contribution in [2.24, 2.45) is 0 Å². The maximum absolute atomic E-state index is 4.60. The molecule has 0 spiro atoms. The summed E-state index contributed by atoms with van der Waals surface area (Å²) in [5.74, 6) is 0.975. The third-order valence-corrected chi connectivity index (χ3v) is 4.48. The number of imidazole rings is 1. The summed E-state index contributed by atoms with van der Waals surface area (Å²) in [5, 5.41) is 0. The summed E-state index contributed by atoms with van der Waals surface area (Å²) in [7, 11) is 0. The molecule has 3 aromatic rings. The van der Waals surface area contributed by atoms with Gasteiger partial charge >= 0.3 is 0 Å². The van der Waals surface area contributed by atoms with E-state index in [-0.39, 0.29) is 0 Å². The van der Waals surface area contributed by atoms with Gasteiger partial charge in [-0.05, 0) is 47.3 Å². The van der Waals surface area contributed by atoms with E-state index in [9.17, 15) is 0 Å². The van der Waals surface area contributed by atoms with Gasteiger partial charge in [-0.15, -0.1) is 0 Å². The second kappa shape index (κ2) is 5.68. The number of aromatic nitrogens is 4. The Morgan fingerprint density at radius 2 is 1.91 bits per heavy atom. The Kier molecular flexibility index (Phi) is 3.54. The minimum absolute atomic E-state index is 0.824. The van der Waals surface area contributed by atoms with Gasteiger partial charge in [0.1, 0.15) is 4.60 Å². The van der Waals surface area contributed by atoms with Crippen molar-refractivity contribution < 1.29 is 0 Å². The van der Waals surface area contributed by atoms with Gasteiger partial charge < -0.3 is 4.90 Å². The van der Waals surface area contributed by atoms with Gasteiger partial charge in [-0.2, -0.15) is 0 Å². The molecule has 0 bridgehead atoms. The van der Waals surface area contributed by atoms with Crippen LogP contribution in [-0.4, -0.2) is 32.4 Å². The van der Waals surface area contributed by atoms with Crippen LogP contribution in [0.15, 0.2) is 41.4 Å². The second-order valence-electron chi connectivity index (χ2n) is 5.48. The first-order valence-corrected chi connectivity index (χ1v) is 8.32. The lowest BCUT2D eigenvalue weighted by Gasteiger charge is -2.27. The van der Waals surface area contributed by atoms with Gasteiger partial charge in [0, 0.05) is 25.5 Å². The fourth-order valence-corrected chi connectivity index (χ4v) is 3.32. The van der Waals surface area contributed by atoms with Crippen LogP contribution in [0.5, 0.6) is 0 Å². The number of hydrogen-bond donors (Lipinski definition) is 0. The third-order valence-electron chi connectivity index (χ3n) is 4.04. The molecule has 4 rings (SSSR count). The van der Waals surface area contributed by atoms with E-state index < -0.39 is 0 Å². The van der Waals surface area contributed by atoms with Crippen LogP contribution >= 0.6 is 15.9 Å². The molecule has 0 aliphatic carbocycles. The van der Waals surface area contributed by atoms with E-state index >= 15 is 0 Å². The van der Waals surface area contributed by atoms with Gasteiger partial charge in [0.05, 0.1) is 17.6 Å². The molecule has 1 aliphatic rings. The molecule has 1 fully saturated rings. The zero-order valence-corrected chi connectivity index (χ0v) is 13.7. The highest BCUT2D eigenvalue weighted by atomic mass is 79.9. The Morgan fingerprint density at radius 3 is 2.73 bits per heavy atom. The maximum atomic E-state index is 4.60. The first-order chi connectivity index (χ1) is 10.8.